The molecule has 8 nitrogen and oxygen atoms in total. The van der Waals surface area contributed by atoms with Crippen LogP contribution in [-0.4, -0.2) is 20.2 Å². The number of para-hydroxylation sites is 2. The molecule has 3 aromatic rings. The third-order valence-electron chi connectivity index (χ3n) is 4.39. The Hall–Kier alpha value is -3.92. The largest absolute Gasteiger partial charge is 0.454 e. The van der Waals surface area contributed by atoms with Crippen LogP contribution >= 0.6 is 0 Å². The van der Waals surface area contributed by atoms with Crippen LogP contribution in [0.5, 0.6) is 11.5 Å². The lowest BCUT2D eigenvalue weighted by Crippen LogP contribution is -2.15. The van der Waals surface area contributed by atoms with Gasteiger partial charge in [-0.15, -0.1) is 0 Å². The van der Waals surface area contributed by atoms with Gasteiger partial charge in [0.15, 0.2) is 5.75 Å². The Kier molecular flexibility index (Phi) is 5.07. The predicted octanol–water partition coefficient (Wildman–Crippen LogP) is 3.94. The monoisotopic (exact) mass is 441 g/mol. The summed E-state index contributed by atoms with van der Waals surface area (Å²) in [6, 6.07) is 14.2. The molecule has 0 bridgehead atoms. The smallest absolute Gasteiger partial charge is 0.261 e. The molecule has 158 valence electrons. The molecule has 10 heteroatoms. The minimum absolute atomic E-state index is 0.0924. The highest BCUT2D eigenvalue weighted by Gasteiger charge is 2.23. The molecule has 0 atom stereocenters. The van der Waals surface area contributed by atoms with Gasteiger partial charge in [-0.25, -0.2) is 12.8 Å². The molecule has 0 aliphatic carbocycles. The number of halogens is 1. The minimum Gasteiger partial charge on any atom is -0.454 e. The van der Waals surface area contributed by atoms with E-state index in [4.69, 9.17) is 4.74 Å². The number of anilines is 3. The molecule has 0 spiro atoms. The zero-order valence-electron chi connectivity index (χ0n) is 16.1. The highest BCUT2D eigenvalue weighted by atomic mass is 32.2. The summed E-state index contributed by atoms with van der Waals surface area (Å²) in [5.41, 5.74) is 0.573. The van der Waals surface area contributed by atoms with Gasteiger partial charge in [0, 0.05) is 12.6 Å². The van der Waals surface area contributed by atoms with Crippen LogP contribution < -0.4 is 20.1 Å². The normalized spacial score (nSPS) is 12.5. The minimum atomic E-state index is -4.16. The number of rotatable bonds is 4. The number of benzene rings is 3. The molecule has 0 fully saturated rings. The van der Waals surface area contributed by atoms with Crippen LogP contribution in [0.1, 0.15) is 17.3 Å². The summed E-state index contributed by atoms with van der Waals surface area (Å²) in [6.07, 6.45) is 0. The van der Waals surface area contributed by atoms with Gasteiger partial charge in [0.2, 0.25) is 5.91 Å². The van der Waals surface area contributed by atoms with Crippen molar-refractivity contribution in [1.82, 2.24) is 0 Å². The topological polar surface area (TPSA) is 114 Å². The Morgan fingerprint density at radius 2 is 1.81 bits per heavy atom. The first-order chi connectivity index (χ1) is 14.7. The highest BCUT2D eigenvalue weighted by molar-refractivity contribution is 7.92. The fourth-order valence-corrected chi connectivity index (χ4v) is 4.06. The number of carbonyl (C=O) groups excluding carboxylic acids is 2. The van der Waals surface area contributed by atoms with Crippen molar-refractivity contribution >= 4 is 38.9 Å². The molecule has 3 aromatic carbocycles. The Bertz CT molecular complexity index is 1320. The van der Waals surface area contributed by atoms with Crippen molar-refractivity contribution in [2.45, 2.75) is 11.8 Å². The van der Waals surface area contributed by atoms with Gasteiger partial charge in [0.25, 0.3) is 15.9 Å². The van der Waals surface area contributed by atoms with Gasteiger partial charge in [0.05, 0.1) is 21.8 Å². The summed E-state index contributed by atoms with van der Waals surface area (Å²) >= 11 is 0. The van der Waals surface area contributed by atoms with Crippen LogP contribution in [0.25, 0.3) is 0 Å². The lowest BCUT2D eigenvalue weighted by atomic mass is 10.1. The van der Waals surface area contributed by atoms with Crippen molar-refractivity contribution < 1.29 is 27.1 Å². The van der Waals surface area contributed by atoms with Gasteiger partial charge in [-0.05, 0) is 48.5 Å². The summed E-state index contributed by atoms with van der Waals surface area (Å²) < 4.78 is 47.6. The van der Waals surface area contributed by atoms with Crippen LogP contribution in [0.3, 0.4) is 0 Å². The Labute approximate surface area is 177 Å². The second kappa shape index (κ2) is 7.73. The van der Waals surface area contributed by atoms with E-state index in [2.05, 4.69) is 15.4 Å². The average Bonchev–Trinajstić information content (AvgIpc) is 2.84. The number of carbonyl (C=O) groups is 2. The highest BCUT2D eigenvalue weighted by Crippen LogP contribution is 2.36. The quantitative estimate of drug-likeness (QED) is 0.568. The predicted molar refractivity (Wildman–Crippen MR) is 112 cm³/mol. The number of nitrogens with one attached hydrogen (secondary N) is 3. The Morgan fingerprint density at radius 3 is 2.55 bits per heavy atom. The molecule has 31 heavy (non-hydrogen) atoms. The van der Waals surface area contributed by atoms with E-state index in [1.165, 1.54) is 25.1 Å². The van der Waals surface area contributed by atoms with Crippen LogP contribution in [0, 0.1) is 5.82 Å². The molecule has 0 aromatic heterocycles. The van der Waals surface area contributed by atoms with E-state index in [9.17, 15) is 22.4 Å². The maximum Gasteiger partial charge on any atom is 0.261 e. The number of sulfonamides is 1. The number of hydrogen-bond donors (Lipinski definition) is 3. The summed E-state index contributed by atoms with van der Waals surface area (Å²) in [5, 5.41) is 4.97. The fraction of sp³-hybridized carbons (Fsp3) is 0.0476. The summed E-state index contributed by atoms with van der Waals surface area (Å²) in [4.78, 5) is 23.3. The molecular weight excluding hydrogens is 425 g/mol. The SMILES string of the molecule is CC(=O)Nc1ccc(S(=O)(=O)Nc2ccc3c(c2)C(=O)Nc2ccccc2O3)cc1F. The molecule has 0 saturated carbocycles. The van der Waals surface area contributed by atoms with Crippen LogP contribution in [0.2, 0.25) is 0 Å². The van der Waals surface area contributed by atoms with Crippen molar-refractivity contribution in [2.24, 2.45) is 0 Å². The number of fused-ring (bicyclic) bond motifs is 2. The Morgan fingerprint density at radius 1 is 1.03 bits per heavy atom. The van der Waals surface area contributed by atoms with Crippen molar-refractivity contribution in [3.63, 3.8) is 0 Å². The standard InChI is InChI=1S/C21H16FN3O5S/c1-12(26)23-17-8-7-14(11-16(17)22)31(28,29)25-13-6-9-19-15(10-13)21(27)24-18-4-2-3-5-20(18)30-19/h2-11,25H,1H3,(H,23,26)(H,24,27). The molecule has 0 unspecified atom stereocenters. The van der Waals surface area contributed by atoms with Crippen LogP contribution in [0.15, 0.2) is 65.6 Å². The first kappa shape index (κ1) is 20.4. The lowest BCUT2D eigenvalue weighted by molar-refractivity contribution is -0.114. The molecule has 1 heterocycles. The van der Waals surface area contributed by atoms with E-state index in [1.54, 1.807) is 24.3 Å². The molecule has 1 aliphatic rings. The second-order valence-electron chi connectivity index (χ2n) is 6.69. The average molecular weight is 441 g/mol. The van der Waals surface area contributed by atoms with Crippen molar-refractivity contribution in [3.8, 4) is 11.5 Å². The van der Waals surface area contributed by atoms with Gasteiger partial charge in [-0.1, -0.05) is 12.1 Å². The van der Waals surface area contributed by atoms with Crippen molar-refractivity contribution in [2.75, 3.05) is 15.4 Å². The number of ether oxygens (including phenoxy) is 1. The van der Waals surface area contributed by atoms with Gasteiger partial charge in [-0.3, -0.25) is 14.3 Å². The van der Waals surface area contributed by atoms with E-state index in [-0.39, 0.29) is 27.6 Å². The summed E-state index contributed by atoms with van der Waals surface area (Å²) in [7, 11) is -4.16. The molecule has 3 N–H and O–H groups in total. The first-order valence-electron chi connectivity index (χ1n) is 9.05. The van der Waals surface area contributed by atoms with Crippen LogP contribution in [0.4, 0.5) is 21.5 Å². The van der Waals surface area contributed by atoms with Gasteiger partial charge in [0.1, 0.15) is 11.6 Å². The third kappa shape index (κ3) is 4.19. The molecule has 1 aliphatic heterocycles. The van der Waals surface area contributed by atoms with Crippen molar-refractivity contribution in [1.29, 1.82) is 0 Å². The lowest BCUT2D eigenvalue weighted by Gasteiger charge is -2.12. The fourth-order valence-electron chi connectivity index (χ4n) is 3.00. The molecule has 4 rings (SSSR count). The molecular formula is C21H16FN3O5S. The molecule has 0 radical (unpaired) electrons. The third-order valence-corrected chi connectivity index (χ3v) is 5.77. The van der Waals surface area contributed by atoms with E-state index in [0.717, 1.165) is 18.2 Å². The second-order valence-corrected chi connectivity index (χ2v) is 8.37. The number of hydrogen-bond acceptors (Lipinski definition) is 5. The number of amides is 2. The van der Waals surface area contributed by atoms with Crippen LogP contribution in [-0.2, 0) is 14.8 Å². The summed E-state index contributed by atoms with van der Waals surface area (Å²) in [5.74, 6) is -1.13. The van der Waals surface area contributed by atoms with Gasteiger partial charge >= 0.3 is 0 Å². The molecule has 0 saturated heterocycles. The zero-order chi connectivity index (χ0) is 22.2. The van der Waals surface area contributed by atoms with Crippen molar-refractivity contribution in [3.05, 3.63) is 72.0 Å². The maximum absolute atomic E-state index is 14.2. The van der Waals surface area contributed by atoms with Gasteiger partial charge in [-0.2, -0.15) is 0 Å². The van der Waals surface area contributed by atoms with Gasteiger partial charge < -0.3 is 15.4 Å². The van der Waals surface area contributed by atoms with E-state index < -0.39 is 27.7 Å². The van der Waals surface area contributed by atoms with E-state index in [0.29, 0.717) is 11.4 Å². The first-order valence-corrected chi connectivity index (χ1v) is 10.5. The maximum atomic E-state index is 14.2. The van der Waals surface area contributed by atoms with E-state index in [1.807, 2.05) is 0 Å². The Balaban J connectivity index is 1.62. The van der Waals surface area contributed by atoms with E-state index >= 15 is 0 Å². The zero-order valence-corrected chi connectivity index (χ0v) is 16.9. The molecule has 2 amide bonds. The summed E-state index contributed by atoms with van der Waals surface area (Å²) in [6.45, 7) is 1.21.